The monoisotopic (exact) mass is 689 g/mol. The minimum Gasteiger partial charge on any atom is -0.487 e. The van der Waals surface area contributed by atoms with E-state index < -0.39 is 0 Å². The Labute approximate surface area is 307 Å². The van der Waals surface area contributed by atoms with E-state index in [2.05, 4.69) is 53.7 Å². The minimum atomic E-state index is -0.311. The molecular formula is C46H61N2O3+. The van der Waals surface area contributed by atoms with Gasteiger partial charge in [0.2, 0.25) is 17.8 Å². The molecule has 0 fully saturated rings. The van der Waals surface area contributed by atoms with Crippen LogP contribution in [0.15, 0.2) is 72.8 Å². The molecule has 4 aromatic rings. The molecule has 0 amide bonds. The number of rotatable bonds is 17. The van der Waals surface area contributed by atoms with E-state index in [1.54, 1.807) is 0 Å². The first-order valence-corrected chi connectivity index (χ1v) is 19.5. The average Bonchev–Trinajstić information content (AvgIpc) is 3.09. The molecule has 3 unspecified atom stereocenters. The summed E-state index contributed by atoms with van der Waals surface area (Å²) in [6.07, 6.45) is 17.6. The van der Waals surface area contributed by atoms with Crippen LogP contribution in [0.25, 0.3) is 23.1 Å². The van der Waals surface area contributed by atoms with E-state index in [4.69, 9.17) is 15.2 Å². The summed E-state index contributed by atoms with van der Waals surface area (Å²) in [6, 6.07) is 23.9. The van der Waals surface area contributed by atoms with Crippen LogP contribution in [0.1, 0.15) is 121 Å². The van der Waals surface area contributed by atoms with Gasteiger partial charge in [0, 0.05) is 29.3 Å². The summed E-state index contributed by atoms with van der Waals surface area (Å²) in [7, 11) is 0. The Morgan fingerprint density at radius 2 is 1.57 bits per heavy atom. The Balaban J connectivity index is 1.15. The quantitative estimate of drug-likeness (QED) is 0.0519. The molecule has 2 N–H and O–H groups in total. The molecule has 0 aliphatic carbocycles. The lowest BCUT2D eigenvalue weighted by atomic mass is 9.85. The van der Waals surface area contributed by atoms with Crippen molar-refractivity contribution >= 4 is 34.7 Å². The number of anilines is 1. The second-order valence-electron chi connectivity index (χ2n) is 16.0. The highest BCUT2D eigenvalue weighted by molar-refractivity contribution is 5.79. The van der Waals surface area contributed by atoms with Gasteiger partial charge in [-0.15, -0.1) is 0 Å². The molecule has 0 saturated carbocycles. The van der Waals surface area contributed by atoms with E-state index >= 15 is 0 Å². The van der Waals surface area contributed by atoms with E-state index in [9.17, 15) is 4.79 Å². The third kappa shape index (κ3) is 11.2. The van der Waals surface area contributed by atoms with Gasteiger partial charge < -0.3 is 15.2 Å². The average molecular weight is 690 g/mol. The van der Waals surface area contributed by atoms with Crippen LogP contribution in [0, 0.1) is 24.7 Å². The normalized spacial score (nSPS) is 17.0. The lowest BCUT2D eigenvalue weighted by molar-refractivity contribution is -0.661. The summed E-state index contributed by atoms with van der Waals surface area (Å²) >= 11 is 0. The zero-order valence-corrected chi connectivity index (χ0v) is 32.0. The first-order valence-electron chi connectivity index (χ1n) is 19.5. The Morgan fingerprint density at radius 1 is 0.882 bits per heavy atom. The number of aromatic nitrogens is 1. The number of para-hydroxylation sites is 1. The second kappa shape index (κ2) is 17.9. The van der Waals surface area contributed by atoms with E-state index in [-0.39, 0.29) is 18.1 Å². The number of nitrogens with two attached hydrogens (primary N) is 1. The van der Waals surface area contributed by atoms with Crippen LogP contribution in [0.4, 0.5) is 5.69 Å². The van der Waals surface area contributed by atoms with E-state index in [0.717, 1.165) is 81.7 Å². The highest BCUT2D eigenvalue weighted by Gasteiger charge is 2.33. The maximum Gasteiger partial charge on any atom is 0.378 e. The summed E-state index contributed by atoms with van der Waals surface area (Å²) in [4.78, 5) is 13.5. The number of hydrogen-bond donors (Lipinski definition) is 1. The van der Waals surface area contributed by atoms with Crippen molar-refractivity contribution in [3.05, 3.63) is 95.2 Å². The summed E-state index contributed by atoms with van der Waals surface area (Å²) in [5.74, 6) is 3.65. The van der Waals surface area contributed by atoms with Crippen molar-refractivity contribution in [3.63, 3.8) is 0 Å². The fourth-order valence-electron chi connectivity index (χ4n) is 7.56. The van der Waals surface area contributed by atoms with Gasteiger partial charge in [-0.3, -0.25) is 0 Å². The molecule has 1 aromatic heterocycles. The number of esters is 1. The van der Waals surface area contributed by atoms with Crippen LogP contribution in [0.5, 0.6) is 11.5 Å². The molecule has 5 nitrogen and oxygen atoms in total. The molecule has 1 aliphatic rings. The fourth-order valence-corrected chi connectivity index (χ4v) is 7.56. The fraction of sp³-hybridized carbons (Fsp3) is 0.478. The smallest absolute Gasteiger partial charge is 0.378 e. The lowest BCUT2D eigenvalue weighted by Gasteiger charge is -2.37. The molecule has 1 aliphatic heterocycles. The van der Waals surface area contributed by atoms with Crippen molar-refractivity contribution in [1.29, 1.82) is 0 Å². The number of benzene rings is 3. The number of carbonyl (C=O) groups is 1. The first kappa shape index (κ1) is 38.1. The molecule has 0 radical (unpaired) electrons. The van der Waals surface area contributed by atoms with Gasteiger partial charge in [0.1, 0.15) is 17.1 Å². The molecule has 2 heterocycles. The molecule has 5 heteroatoms. The second-order valence-corrected chi connectivity index (χ2v) is 16.0. The SMILES string of the molecule is Cc1cc(OC(=O)C[n+]2c(/C=C/c3ccc(N)cc3)ccc3ccccc32)cc2c1OC(C)(CCCC(C)CCCC(C)CCCC(C)C)CC2. The van der Waals surface area contributed by atoms with Gasteiger partial charge in [-0.05, 0) is 116 Å². The van der Waals surface area contributed by atoms with Gasteiger partial charge in [-0.2, -0.15) is 4.57 Å². The highest BCUT2D eigenvalue weighted by atomic mass is 16.5. The number of ether oxygens (including phenoxy) is 2. The van der Waals surface area contributed by atoms with E-state index in [0.29, 0.717) is 5.75 Å². The zero-order chi connectivity index (χ0) is 36.4. The van der Waals surface area contributed by atoms with Crippen LogP contribution in [-0.4, -0.2) is 11.6 Å². The van der Waals surface area contributed by atoms with Crippen LogP contribution < -0.4 is 19.8 Å². The van der Waals surface area contributed by atoms with Crippen molar-refractivity contribution in [1.82, 2.24) is 0 Å². The Bertz CT molecular complexity index is 1780. The molecule has 272 valence electrons. The number of aryl methyl sites for hydroxylation is 2. The summed E-state index contributed by atoms with van der Waals surface area (Å²) < 4.78 is 14.8. The first-order chi connectivity index (χ1) is 24.5. The standard InChI is InChI=1S/C46H60N2O3/c1-33(2)12-9-13-34(3)14-10-15-35(4)16-11-28-46(6)29-27-39-31-42(30-36(5)45(39)51-46)50-44(49)32-48-41(25-21-37-19-23-40(47)24-20-37)26-22-38-17-7-8-18-43(38)48/h7-8,17-26,30-31,33-35,47H,9-16,27-29,32H2,1-6H3/p+1. The number of nitrogens with zero attached hydrogens (tertiary/aromatic N) is 1. The van der Waals surface area contributed by atoms with Crippen molar-refractivity contribution in [2.24, 2.45) is 17.8 Å². The summed E-state index contributed by atoms with van der Waals surface area (Å²) in [5.41, 5.74) is 11.5. The predicted molar refractivity (Wildman–Crippen MR) is 213 cm³/mol. The number of hydrogen-bond acceptors (Lipinski definition) is 4. The van der Waals surface area contributed by atoms with Crippen molar-refractivity contribution in [2.75, 3.05) is 5.73 Å². The largest absolute Gasteiger partial charge is 0.487 e. The lowest BCUT2D eigenvalue weighted by Crippen LogP contribution is -2.43. The summed E-state index contributed by atoms with van der Waals surface area (Å²) in [5, 5.41) is 1.06. The molecule has 51 heavy (non-hydrogen) atoms. The molecule has 0 bridgehead atoms. The van der Waals surface area contributed by atoms with Gasteiger partial charge in [-0.25, -0.2) is 4.79 Å². The molecular weight excluding hydrogens is 629 g/mol. The molecule has 0 spiro atoms. The van der Waals surface area contributed by atoms with Crippen molar-refractivity contribution in [2.45, 2.75) is 124 Å². The molecule has 5 rings (SSSR count). The van der Waals surface area contributed by atoms with E-state index in [1.807, 2.05) is 77.4 Å². The van der Waals surface area contributed by atoms with Gasteiger partial charge in [-0.1, -0.05) is 96.9 Å². The number of nitrogen functional groups attached to an aromatic ring is 1. The maximum absolute atomic E-state index is 13.5. The minimum absolute atomic E-state index is 0.0865. The predicted octanol–water partition coefficient (Wildman–Crippen LogP) is 11.3. The number of pyridine rings is 1. The van der Waals surface area contributed by atoms with Crippen LogP contribution >= 0.6 is 0 Å². The van der Waals surface area contributed by atoms with Crippen molar-refractivity contribution < 1.29 is 18.8 Å². The van der Waals surface area contributed by atoms with Crippen LogP contribution in [0.3, 0.4) is 0 Å². The Hall–Kier alpha value is -4.12. The third-order valence-electron chi connectivity index (χ3n) is 10.7. The highest BCUT2D eigenvalue weighted by Crippen LogP contribution is 2.40. The van der Waals surface area contributed by atoms with Gasteiger partial charge in [0.15, 0.2) is 0 Å². The Kier molecular flexibility index (Phi) is 13.4. The number of fused-ring (bicyclic) bond motifs is 2. The number of carbonyl (C=O) groups excluding carboxylic acids is 1. The van der Waals surface area contributed by atoms with Crippen LogP contribution in [-0.2, 0) is 17.8 Å². The Morgan fingerprint density at radius 3 is 2.29 bits per heavy atom. The van der Waals surface area contributed by atoms with Gasteiger partial charge >= 0.3 is 5.97 Å². The summed E-state index contributed by atoms with van der Waals surface area (Å²) in [6.45, 7) is 13.9. The third-order valence-corrected chi connectivity index (χ3v) is 10.7. The van der Waals surface area contributed by atoms with Gasteiger partial charge in [0.05, 0.1) is 0 Å². The van der Waals surface area contributed by atoms with E-state index in [1.165, 1.54) is 51.4 Å². The van der Waals surface area contributed by atoms with Gasteiger partial charge in [0.25, 0.3) is 0 Å². The maximum atomic E-state index is 13.5. The molecule has 3 atom stereocenters. The van der Waals surface area contributed by atoms with Crippen molar-refractivity contribution in [3.8, 4) is 11.5 Å². The zero-order valence-electron chi connectivity index (χ0n) is 32.0. The topological polar surface area (TPSA) is 65.4 Å². The van der Waals surface area contributed by atoms with Crippen LogP contribution in [0.2, 0.25) is 0 Å². The molecule has 3 aromatic carbocycles. The molecule has 0 saturated heterocycles.